The third kappa shape index (κ3) is 2.99. The number of carbonyl (C=O) groups is 1. The summed E-state index contributed by atoms with van der Waals surface area (Å²) >= 11 is 0. The number of aliphatic carboxylic acids is 1. The fraction of sp³-hybridized carbons (Fsp3) is 0.500. The molecule has 1 aliphatic carbocycles. The molecule has 0 atom stereocenters. The van der Waals surface area contributed by atoms with Crippen molar-refractivity contribution < 1.29 is 14.6 Å². The van der Waals surface area contributed by atoms with Crippen LogP contribution in [0.2, 0.25) is 0 Å². The zero-order valence-corrected chi connectivity index (χ0v) is 10.1. The molecule has 17 heavy (non-hydrogen) atoms. The minimum absolute atomic E-state index is 0.173. The van der Waals surface area contributed by atoms with Gasteiger partial charge in [-0.15, -0.1) is 0 Å². The average Bonchev–Trinajstić information content (AvgIpc) is 2.33. The lowest BCUT2D eigenvalue weighted by Crippen LogP contribution is -2.27. The Balaban J connectivity index is 1.90. The van der Waals surface area contributed by atoms with Gasteiger partial charge < -0.3 is 9.84 Å². The zero-order valence-electron chi connectivity index (χ0n) is 10.1. The molecular weight excluding hydrogens is 216 g/mol. The average molecular weight is 234 g/mol. The van der Waals surface area contributed by atoms with Crippen LogP contribution < -0.4 is 4.74 Å². The number of carboxylic acid groups (broad SMARTS) is 1. The summed E-state index contributed by atoms with van der Waals surface area (Å²) in [6, 6.07) is 7.95. The van der Waals surface area contributed by atoms with Crippen molar-refractivity contribution in [1.29, 1.82) is 0 Å². The van der Waals surface area contributed by atoms with Gasteiger partial charge in [-0.05, 0) is 44.2 Å². The Labute approximate surface area is 101 Å². The Hall–Kier alpha value is -1.51. The number of carboxylic acids is 1. The lowest BCUT2D eigenvalue weighted by Gasteiger charge is -2.27. The molecule has 0 unspecified atom stereocenters. The van der Waals surface area contributed by atoms with E-state index in [9.17, 15) is 4.79 Å². The maximum Gasteiger partial charge on any atom is 0.306 e. The fourth-order valence-corrected chi connectivity index (χ4v) is 2.30. The topological polar surface area (TPSA) is 46.5 Å². The van der Waals surface area contributed by atoms with Gasteiger partial charge in [0.1, 0.15) is 5.75 Å². The molecule has 1 aliphatic rings. The highest BCUT2D eigenvalue weighted by Gasteiger charge is 2.26. The molecule has 0 aromatic heterocycles. The van der Waals surface area contributed by atoms with Crippen LogP contribution in [0.25, 0.3) is 0 Å². The van der Waals surface area contributed by atoms with E-state index in [-0.39, 0.29) is 12.0 Å². The van der Waals surface area contributed by atoms with E-state index in [1.165, 1.54) is 0 Å². The predicted octanol–water partition coefficient (Wildman–Crippen LogP) is 3.02. The summed E-state index contributed by atoms with van der Waals surface area (Å²) in [6.07, 6.45) is 3.31. The molecule has 1 N–H and O–H groups in total. The Morgan fingerprint density at radius 2 is 1.88 bits per heavy atom. The molecule has 0 amide bonds. The molecule has 1 aromatic rings. The highest BCUT2D eigenvalue weighted by Crippen LogP contribution is 2.28. The van der Waals surface area contributed by atoms with Crippen molar-refractivity contribution in [1.82, 2.24) is 0 Å². The fourth-order valence-electron chi connectivity index (χ4n) is 2.30. The molecule has 2 rings (SSSR count). The largest absolute Gasteiger partial charge is 0.490 e. The van der Waals surface area contributed by atoms with Crippen LogP contribution in [0.3, 0.4) is 0 Å². The van der Waals surface area contributed by atoms with E-state index in [1.54, 1.807) is 0 Å². The second-order valence-corrected chi connectivity index (χ2v) is 4.70. The van der Waals surface area contributed by atoms with Crippen LogP contribution in [0.4, 0.5) is 0 Å². The van der Waals surface area contributed by atoms with E-state index in [2.05, 4.69) is 0 Å². The molecule has 3 nitrogen and oxygen atoms in total. The molecule has 0 aliphatic heterocycles. The van der Waals surface area contributed by atoms with Crippen LogP contribution in [0.5, 0.6) is 5.75 Å². The van der Waals surface area contributed by atoms with Crippen molar-refractivity contribution in [3.63, 3.8) is 0 Å². The van der Waals surface area contributed by atoms with Gasteiger partial charge in [0.2, 0.25) is 0 Å². The van der Waals surface area contributed by atoms with Gasteiger partial charge in [0.15, 0.2) is 0 Å². The van der Waals surface area contributed by atoms with Gasteiger partial charge in [-0.25, -0.2) is 0 Å². The monoisotopic (exact) mass is 234 g/mol. The Bertz CT molecular complexity index is 392. The summed E-state index contributed by atoms with van der Waals surface area (Å²) in [6.45, 7) is 2.03. The normalized spacial score (nSPS) is 24.3. The smallest absolute Gasteiger partial charge is 0.306 e. The number of para-hydroxylation sites is 1. The van der Waals surface area contributed by atoms with E-state index in [4.69, 9.17) is 9.84 Å². The molecule has 1 fully saturated rings. The Morgan fingerprint density at radius 1 is 1.24 bits per heavy atom. The molecule has 3 heteroatoms. The first-order valence-corrected chi connectivity index (χ1v) is 6.12. The lowest BCUT2D eigenvalue weighted by atomic mass is 9.87. The summed E-state index contributed by atoms with van der Waals surface area (Å²) in [7, 11) is 0. The van der Waals surface area contributed by atoms with E-state index >= 15 is 0 Å². The van der Waals surface area contributed by atoms with Crippen molar-refractivity contribution >= 4 is 5.97 Å². The third-order valence-corrected chi connectivity index (χ3v) is 3.41. The Kier molecular flexibility index (Phi) is 3.67. The molecule has 0 bridgehead atoms. The highest BCUT2D eigenvalue weighted by atomic mass is 16.5. The number of rotatable bonds is 3. The van der Waals surface area contributed by atoms with Gasteiger partial charge in [-0.3, -0.25) is 4.79 Å². The first-order chi connectivity index (χ1) is 8.16. The molecular formula is C14H18O3. The highest BCUT2D eigenvalue weighted by molar-refractivity contribution is 5.70. The number of aryl methyl sites for hydroxylation is 1. The Morgan fingerprint density at radius 3 is 2.47 bits per heavy atom. The second-order valence-electron chi connectivity index (χ2n) is 4.70. The van der Waals surface area contributed by atoms with E-state index < -0.39 is 5.97 Å². The standard InChI is InChI=1S/C14H18O3/c1-10-4-2-3-5-13(10)17-12-8-6-11(7-9-12)14(15)16/h2-5,11-12H,6-9H2,1H3,(H,15,16). The predicted molar refractivity (Wildman–Crippen MR) is 65.2 cm³/mol. The summed E-state index contributed by atoms with van der Waals surface area (Å²) in [5, 5.41) is 8.92. The minimum Gasteiger partial charge on any atom is -0.490 e. The van der Waals surface area contributed by atoms with Crippen molar-refractivity contribution in [3.8, 4) is 5.75 Å². The number of ether oxygens (including phenoxy) is 1. The second kappa shape index (κ2) is 5.21. The van der Waals surface area contributed by atoms with Crippen LogP contribution in [-0.2, 0) is 4.79 Å². The van der Waals surface area contributed by atoms with Crippen molar-refractivity contribution in [2.24, 2.45) is 5.92 Å². The van der Waals surface area contributed by atoms with Gasteiger partial charge in [0.25, 0.3) is 0 Å². The third-order valence-electron chi connectivity index (χ3n) is 3.41. The van der Waals surface area contributed by atoms with Crippen LogP contribution in [0.1, 0.15) is 31.2 Å². The number of hydrogen-bond donors (Lipinski definition) is 1. The van der Waals surface area contributed by atoms with Crippen molar-refractivity contribution in [3.05, 3.63) is 29.8 Å². The number of benzene rings is 1. The van der Waals surface area contributed by atoms with Gasteiger partial charge in [-0.1, -0.05) is 18.2 Å². The molecule has 1 aromatic carbocycles. The van der Waals surface area contributed by atoms with Crippen LogP contribution >= 0.6 is 0 Å². The molecule has 0 saturated heterocycles. The summed E-state index contributed by atoms with van der Waals surface area (Å²) in [4.78, 5) is 10.8. The van der Waals surface area contributed by atoms with E-state index in [0.717, 1.165) is 37.0 Å². The maximum atomic E-state index is 10.8. The molecule has 0 spiro atoms. The number of hydrogen-bond acceptors (Lipinski definition) is 2. The summed E-state index contributed by atoms with van der Waals surface area (Å²) < 4.78 is 5.92. The van der Waals surface area contributed by atoms with Crippen molar-refractivity contribution in [2.45, 2.75) is 38.7 Å². The zero-order chi connectivity index (χ0) is 12.3. The SMILES string of the molecule is Cc1ccccc1OC1CCC(C(=O)O)CC1. The van der Waals surface area contributed by atoms with Gasteiger partial charge >= 0.3 is 5.97 Å². The first kappa shape index (κ1) is 12.0. The van der Waals surface area contributed by atoms with Crippen LogP contribution in [0.15, 0.2) is 24.3 Å². The van der Waals surface area contributed by atoms with Gasteiger partial charge in [0, 0.05) is 0 Å². The first-order valence-electron chi connectivity index (χ1n) is 6.12. The van der Waals surface area contributed by atoms with Crippen molar-refractivity contribution in [2.75, 3.05) is 0 Å². The quantitative estimate of drug-likeness (QED) is 0.874. The minimum atomic E-state index is -0.667. The summed E-state index contributed by atoms with van der Waals surface area (Å²) in [5.74, 6) is 0.0809. The molecule has 92 valence electrons. The van der Waals surface area contributed by atoms with E-state index in [1.807, 2.05) is 31.2 Å². The molecule has 0 radical (unpaired) electrons. The summed E-state index contributed by atoms with van der Waals surface area (Å²) in [5.41, 5.74) is 1.13. The van der Waals surface area contributed by atoms with Crippen LogP contribution in [0, 0.1) is 12.8 Å². The van der Waals surface area contributed by atoms with Crippen LogP contribution in [-0.4, -0.2) is 17.2 Å². The maximum absolute atomic E-state index is 10.8. The lowest BCUT2D eigenvalue weighted by molar-refractivity contribution is -0.143. The molecule has 0 heterocycles. The molecule has 1 saturated carbocycles. The van der Waals surface area contributed by atoms with E-state index in [0.29, 0.717) is 0 Å². The van der Waals surface area contributed by atoms with Gasteiger partial charge in [0.05, 0.1) is 12.0 Å². The van der Waals surface area contributed by atoms with Gasteiger partial charge in [-0.2, -0.15) is 0 Å².